The summed E-state index contributed by atoms with van der Waals surface area (Å²) < 4.78 is 7.83. The Labute approximate surface area is 110 Å². The topological polar surface area (TPSA) is 39.1 Å². The molecule has 1 saturated heterocycles. The van der Waals surface area contributed by atoms with E-state index in [1.54, 1.807) is 0 Å². The quantitative estimate of drug-likeness (QED) is 0.838. The van der Waals surface area contributed by atoms with Crippen LogP contribution in [-0.4, -0.2) is 35.1 Å². The number of hydrogen-bond acceptors (Lipinski definition) is 3. The first-order valence-electron chi connectivity index (χ1n) is 7.05. The smallest absolute Gasteiger partial charge is 0.0732 e. The van der Waals surface area contributed by atoms with Gasteiger partial charge in [-0.25, -0.2) is 0 Å². The maximum absolute atomic E-state index is 5.84. The number of aryl methyl sites for hydroxylation is 2. The second-order valence-corrected chi connectivity index (χ2v) is 5.22. The molecule has 1 aliphatic heterocycles. The fourth-order valence-corrected chi connectivity index (χ4v) is 2.67. The van der Waals surface area contributed by atoms with E-state index in [2.05, 4.69) is 23.4 Å². The Hall–Kier alpha value is -0.870. The monoisotopic (exact) mass is 251 g/mol. The van der Waals surface area contributed by atoms with Crippen LogP contribution in [0, 0.1) is 6.92 Å². The number of nitrogens with one attached hydrogen (secondary N) is 1. The van der Waals surface area contributed by atoms with Crippen molar-refractivity contribution in [3.8, 4) is 0 Å². The second-order valence-electron chi connectivity index (χ2n) is 5.22. The molecule has 4 heteroatoms. The molecule has 2 rings (SSSR count). The molecule has 0 aliphatic carbocycles. The summed E-state index contributed by atoms with van der Waals surface area (Å²) in [5.74, 6) is 0. The first-order chi connectivity index (χ1) is 8.70. The van der Waals surface area contributed by atoms with Crippen molar-refractivity contribution in [1.29, 1.82) is 0 Å². The lowest BCUT2D eigenvalue weighted by atomic mass is 10.0. The van der Waals surface area contributed by atoms with E-state index in [0.717, 1.165) is 31.7 Å². The average Bonchev–Trinajstić information content (AvgIpc) is 2.95. The van der Waals surface area contributed by atoms with Crippen LogP contribution < -0.4 is 5.32 Å². The summed E-state index contributed by atoms with van der Waals surface area (Å²) >= 11 is 0. The maximum Gasteiger partial charge on any atom is 0.0732 e. The van der Waals surface area contributed by atoms with Gasteiger partial charge in [-0.15, -0.1) is 0 Å². The van der Waals surface area contributed by atoms with Crippen LogP contribution in [-0.2, 0) is 18.2 Å². The molecule has 4 nitrogen and oxygen atoms in total. The molecular weight excluding hydrogens is 226 g/mol. The van der Waals surface area contributed by atoms with Gasteiger partial charge in [-0.05, 0) is 38.8 Å². The van der Waals surface area contributed by atoms with Gasteiger partial charge in [-0.2, -0.15) is 5.10 Å². The van der Waals surface area contributed by atoms with E-state index < -0.39 is 0 Å². The molecule has 2 atom stereocenters. The Morgan fingerprint density at radius 2 is 2.44 bits per heavy atom. The molecule has 1 N–H and O–H groups in total. The zero-order valence-corrected chi connectivity index (χ0v) is 11.8. The van der Waals surface area contributed by atoms with Gasteiger partial charge in [0.2, 0.25) is 0 Å². The first kappa shape index (κ1) is 13.6. The van der Waals surface area contributed by atoms with E-state index in [1.165, 1.54) is 18.5 Å². The molecule has 0 amide bonds. The lowest BCUT2D eigenvalue weighted by Gasteiger charge is -2.24. The second kappa shape index (κ2) is 6.34. The van der Waals surface area contributed by atoms with Crippen molar-refractivity contribution >= 4 is 0 Å². The number of aromatic nitrogens is 2. The number of hydrogen-bond donors (Lipinski definition) is 1. The molecule has 2 unspecified atom stereocenters. The highest BCUT2D eigenvalue weighted by molar-refractivity contribution is 5.10. The van der Waals surface area contributed by atoms with Crippen molar-refractivity contribution in [2.24, 2.45) is 7.05 Å². The average molecular weight is 251 g/mol. The predicted octanol–water partition coefficient (Wildman–Crippen LogP) is 1.82. The van der Waals surface area contributed by atoms with Crippen LogP contribution in [0.15, 0.2) is 6.07 Å². The van der Waals surface area contributed by atoms with Crippen molar-refractivity contribution in [3.05, 3.63) is 17.5 Å². The van der Waals surface area contributed by atoms with Gasteiger partial charge in [-0.1, -0.05) is 6.92 Å². The van der Waals surface area contributed by atoms with E-state index in [0.29, 0.717) is 12.1 Å². The van der Waals surface area contributed by atoms with Crippen LogP contribution in [0.1, 0.15) is 37.6 Å². The summed E-state index contributed by atoms with van der Waals surface area (Å²) in [6.45, 7) is 6.22. The van der Waals surface area contributed by atoms with Gasteiger partial charge in [0.1, 0.15) is 0 Å². The van der Waals surface area contributed by atoms with Crippen molar-refractivity contribution in [2.75, 3.05) is 13.2 Å². The number of rotatable bonds is 6. The van der Waals surface area contributed by atoms with Gasteiger partial charge in [0.25, 0.3) is 0 Å². The minimum Gasteiger partial charge on any atom is -0.377 e. The van der Waals surface area contributed by atoms with Crippen LogP contribution in [0.2, 0.25) is 0 Å². The van der Waals surface area contributed by atoms with Gasteiger partial charge in [0, 0.05) is 31.8 Å². The normalized spacial score (nSPS) is 21.4. The number of nitrogens with zero attached hydrogens (tertiary/aromatic N) is 2. The van der Waals surface area contributed by atoms with E-state index in [9.17, 15) is 0 Å². The summed E-state index contributed by atoms with van der Waals surface area (Å²) in [6.07, 6.45) is 4.90. The lowest BCUT2D eigenvalue weighted by Crippen LogP contribution is -2.42. The fraction of sp³-hybridized carbons (Fsp3) is 0.786. The van der Waals surface area contributed by atoms with Gasteiger partial charge in [0.15, 0.2) is 0 Å². The third-order valence-electron chi connectivity index (χ3n) is 3.60. The third kappa shape index (κ3) is 3.33. The lowest BCUT2D eigenvalue weighted by molar-refractivity contribution is 0.0778. The van der Waals surface area contributed by atoms with Crippen molar-refractivity contribution < 1.29 is 4.74 Å². The molecule has 0 spiro atoms. The van der Waals surface area contributed by atoms with Gasteiger partial charge < -0.3 is 10.1 Å². The molecule has 0 bridgehead atoms. The zero-order valence-electron chi connectivity index (χ0n) is 11.8. The summed E-state index contributed by atoms with van der Waals surface area (Å²) in [7, 11) is 2.02. The van der Waals surface area contributed by atoms with Crippen LogP contribution in [0.25, 0.3) is 0 Å². The van der Waals surface area contributed by atoms with Crippen LogP contribution in [0.3, 0.4) is 0 Å². The molecular formula is C14H25N3O. The molecule has 2 heterocycles. The molecule has 1 aromatic rings. The minimum absolute atomic E-state index is 0.367. The Balaban J connectivity index is 2.01. The van der Waals surface area contributed by atoms with E-state index >= 15 is 0 Å². The van der Waals surface area contributed by atoms with E-state index in [1.807, 2.05) is 18.7 Å². The highest BCUT2D eigenvalue weighted by Crippen LogP contribution is 2.19. The SMILES string of the molecule is CCCNC(Cc1cc(C)nn1C)C1CCCO1. The highest BCUT2D eigenvalue weighted by Gasteiger charge is 2.26. The van der Waals surface area contributed by atoms with Crippen LogP contribution in [0.5, 0.6) is 0 Å². The van der Waals surface area contributed by atoms with Crippen molar-refractivity contribution in [2.45, 2.75) is 51.7 Å². The fourth-order valence-electron chi connectivity index (χ4n) is 2.67. The molecule has 0 radical (unpaired) electrons. The van der Waals surface area contributed by atoms with E-state index in [4.69, 9.17) is 4.74 Å². The Kier molecular flexibility index (Phi) is 4.78. The standard InChI is InChI=1S/C14H25N3O/c1-4-7-15-13(14-6-5-8-18-14)10-12-9-11(2)16-17(12)3/h9,13-15H,4-8,10H2,1-3H3. The largest absolute Gasteiger partial charge is 0.377 e. The Morgan fingerprint density at radius 1 is 1.61 bits per heavy atom. The molecule has 1 aromatic heterocycles. The Morgan fingerprint density at radius 3 is 3.00 bits per heavy atom. The molecule has 102 valence electrons. The zero-order chi connectivity index (χ0) is 13.0. The molecule has 1 fully saturated rings. The maximum atomic E-state index is 5.84. The molecule has 1 aliphatic rings. The summed E-state index contributed by atoms with van der Waals surface area (Å²) in [5, 5.41) is 8.05. The van der Waals surface area contributed by atoms with Crippen molar-refractivity contribution in [3.63, 3.8) is 0 Å². The minimum atomic E-state index is 0.367. The van der Waals surface area contributed by atoms with Crippen molar-refractivity contribution in [1.82, 2.24) is 15.1 Å². The molecule has 18 heavy (non-hydrogen) atoms. The molecule has 0 aromatic carbocycles. The predicted molar refractivity (Wildman–Crippen MR) is 72.7 cm³/mol. The number of ether oxygens (including phenoxy) is 1. The van der Waals surface area contributed by atoms with Gasteiger partial charge >= 0.3 is 0 Å². The summed E-state index contributed by atoms with van der Waals surface area (Å²) in [6, 6.07) is 2.59. The summed E-state index contributed by atoms with van der Waals surface area (Å²) in [5.41, 5.74) is 2.38. The summed E-state index contributed by atoms with van der Waals surface area (Å²) in [4.78, 5) is 0. The van der Waals surface area contributed by atoms with Crippen LogP contribution >= 0.6 is 0 Å². The van der Waals surface area contributed by atoms with E-state index in [-0.39, 0.29) is 0 Å². The Bertz CT molecular complexity index is 369. The molecule has 0 saturated carbocycles. The van der Waals surface area contributed by atoms with Gasteiger partial charge in [0.05, 0.1) is 11.8 Å². The highest BCUT2D eigenvalue weighted by atomic mass is 16.5. The third-order valence-corrected chi connectivity index (χ3v) is 3.60. The van der Waals surface area contributed by atoms with Gasteiger partial charge in [-0.3, -0.25) is 4.68 Å². The first-order valence-corrected chi connectivity index (χ1v) is 7.05. The van der Waals surface area contributed by atoms with Crippen LogP contribution in [0.4, 0.5) is 0 Å².